The summed E-state index contributed by atoms with van der Waals surface area (Å²) >= 11 is 0. The van der Waals surface area contributed by atoms with Gasteiger partial charge in [0.2, 0.25) is 10.0 Å². The van der Waals surface area contributed by atoms with Gasteiger partial charge >= 0.3 is 6.03 Å². The minimum Gasteiger partial charge on any atom is -0.378 e. The summed E-state index contributed by atoms with van der Waals surface area (Å²) in [6, 6.07) is 4.12. The molecule has 3 aliphatic heterocycles. The molecule has 0 bridgehead atoms. The molecular formula is C21H31N5O6S. The van der Waals surface area contributed by atoms with Gasteiger partial charge in [0.15, 0.2) is 0 Å². The summed E-state index contributed by atoms with van der Waals surface area (Å²) < 4.78 is 32.9. The predicted molar refractivity (Wildman–Crippen MR) is 122 cm³/mol. The summed E-state index contributed by atoms with van der Waals surface area (Å²) in [4.78, 5) is 29.3. The minimum absolute atomic E-state index is 0.0374. The molecule has 1 aromatic carbocycles. The molecule has 1 atom stereocenters. The Labute approximate surface area is 194 Å². The van der Waals surface area contributed by atoms with Crippen LogP contribution >= 0.6 is 0 Å². The van der Waals surface area contributed by atoms with Gasteiger partial charge in [-0.05, 0) is 30.9 Å². The zero-order valence-corrected chi connectivity index (χ0v) is 19.7. The smallest absolute Gasteiger partial charge is 0.320 e. The van der Waals surface area contributed by atoms with Gasteiger partial charge in [-0.2, -0.15) is 4.31 Å². The molecule has 3 aliphatic rings. The van der Waals surface area contributed by atoms with Gasteiger partial charge in [0, 0.05) is 58.4 Å². The maximum atomic E-state index is 13.1. The van der Waals surface area contributed by atoms with Crippen LogP contribution < -0.4 is 4.90 Å². The lowest BCUT2D eigenvalue weighted by Gasteiger charge is -2.39. The fourth-order valence-electron chi connectivity index (χ4n) is 4.68. The van der Waals surface area contributed by atoms with Crippen LogP contribution in [0, 0.1) is 16.0 Å². The van der Waals surface area contributed by atoms with Gasteiger partial charge in [-0.15, -0.1) is 0 Å². The van der Waals surface area contributed by atoms with E-state index in [9.17, 15) is 23.3 Å². The Morgan fingerprint density at radius 3 is 2.36 bits per heavy atom. The number of anilines is 1. The average Bonchev–Trinajstić information content (AvgIpc) is 2.84. The van der Waals surface area contributed by atoms with Crippen molar-refractivity contribution in [2.75, 3.05) is 70.5 Å². The molecule has 12 heteroatoms. The highest BCUT2D eigenvalue weighted by Crippen LogP contribution is 2.33. The van der Waals surface area contributed by atoms with Gasteiger partial charge in [-0.25, -0.2) is 13.2 Å². The Hall–Kier alpha value is -2.44. The first-order chi connectivity index (χ1) is 15.8. The number of piperazine rings is 1. The van der Waals surface area contributed by atoms with E-state index < -0.39 is 14.9 Å². The number of carbonyl (C=O) groups is 1. The molecule has 0 radical (unpaired) electrons. The molecule has 2 amide bonds. The summed E-state index contributed by atoms with van der Waals surface area (Å²) in [5, 5.41) is 11.8. The second-order valence-electron chi connectivity index (χ2n) is 8.87. The molecule has 3 saturated heterocycles. The normalized spacial score (nSPS) is 22.9. The van der Waals surface area contributed by atoms with Crippen molar-refractivity contribution in [2.45, 2.75) is 24.7 Å². The molecule has 0 aliphatic carbocycles. The quantitative estimate of drug-likeness (QED) is 0.474. The number of morpholine rings is 1. The van der Waals surface area contributed by atoms with Gasteiger partial charge < -0.3 is 19.4 Å². The third-order valence-corrected chi connectivity index (χ3v) is 8.43. The standard InChI is InChI=1S/C21H31N5O6S/c1-17-3-2-6-25(16-17)33(30,31)18-4-5-19(20(15-18)26(28)29)22-7-9-23(10-8-22)21(27)24-11-13-32-14-12-24/h4-5,15,17H,2-3,6-14,16H2,1H3. The van der Waals surface area contributed by atoms with Gasteiger partial charge in [0.05, 0.1) is 23.0 Å². The van der Waals surface area contributed by atoms with E-state index >= 15 is 0 Å². The van der Waals surface area contributed by atoms with Crippen molar-refractivity contribution >= 4 is 27.4 Å². The SMILES string of the molecule is CC1CCCN(S(=O)(=O)c2ccc(N3CCN(C(=O)N4CCOCC4)CC3)c([N+](=O)[O-])c2)C1. The molecule has 4 rings (SSSR count). The average molecular weight is 482 g/mol. The van der Waals surface area contributed by atoms with Crippen LogP contribution in [0.2, 0.25) is 0 Å². The van der Waals surface area contributed by atoms with Crippen molar-refractivity contribution in [3.63, 3.8) is 0 Å². The maximum Gasteiger partial charge on any atom is 0.320 e. The van der Waals surface area contributed by atoms with Crippen LogP contribution in [0.5, 0.6) is 0 Å². The van der Waals surface area contributed by atoms with E-state index in [4.69, 9.17) is 4.74 Å². The van der Waals surface area contributed by atoms with Crippen molar-refractivity contribution in [3.05, 3.63) is 28.3 Å². The number of ether oxygens (including phenoxy) is 1. The van der Waals surface area contributed by atoms with E-state index in [2.05, 4.69) is 0 Å². The van der Waals surface area contributed by atoms with Crippen LogP contribution in [0.3, 0.4) is 0 Å². The van der Waals surface area contributed by atoms with Crippen LogP contribution in [0.25, 0.3) is 0 Å². The summed E-state index contributed by atoms with van der Waals surface area (Å²) in [5.41, 5.74) is 0.151. The number of rotatable bonds is 4. The van der Waals surface area contributed by atoms with Crippen LogP contribution in [-0.4, -0.2) is 99.0 Å². The van der Waals surface area contributed by atoms with Crippen LogP contribution in [0.4, 0.5) is 16.2 Å². The van der Waals surface area contributed by atoms with Gasteiger partial charge in [0.25, 0.3) is 5.69 Å². The third kappa shape index (κ3) is 5.07. The number of carbonyl (C=O) groups excluding carboxylic acids is 1. The number of amides is 2. The first kappa shape index (κ1) is 23.7. The van der Waals surface area contributed by atoms with Crippen molar-refractivity contribution in [1.29, 1.82) is 0 Å². The molecule has 3 fully saturated rings. The number of piperidine rings is 1. The highest BCUT2D eigenvalue weighted by Gasteiger charge is 2.33. The molecule has 33 heavy (non-hydrogen) atoms. The highest BCUT2D eigenvalue weighted by atomic mass is 32.2. The third-order valence-electron chi connectivity index (χ3n) is 6.57. The number of nitro benzene ring substituents is 1. The number of hydrogen-bond acceptors (Lipinski definition) is 7. The summed E-state index contributed by atoms with van der Waals surface area (Å²) in [7, 11) is -3.79. The molecular weight excluding hydrogens is 450 g/mol. The number of sulfonamides is 1. The van der Waals surface area contributed by atoms with E-state index in [1.165, 1.54) is 22.5 Å². The molecule has 3 heterocycles. The van der Waals surface area contributed by atoms with Crippen LogP contribution in [-0.2, 0) is 14.8 Å². The molecule has 182 valence electrons. The van der Waals surface area contributed by atoms with E-state index in [-0.39, 0.29) is 22.5 Å². The van der Waals surface area contributed by atoms with Gasteiger partial charge in [0.1, 0.15) is 5.69 Å². The zero-order chi connectivity index (χ0) is 23.6. The topological polar surface area (TPSA) is 117 Å². The molecule has 11 nitrogen and oxygen atoms in total. The largest absolute Gasteiger partial charge is 0.378 e. The minimum atomic E-state index is -3.79. The van der Waals surface area contributed by atoms with E-state index in [1.807, 2.05) is 11.8 Å². The number of urea groups is 1. The summed E-state index contributed by atoms with van der Waals surface area (Å²) in [6.45, 7) is 6.83. The first-order valence-corrected chi connectivity index (χ1v) is 12.9. The Morgan fingerprint density at radius 2 is 1.73 bits per heavy atom. The van der Waals surface area contributed by atoms with Crippen molar-refractivity contribution in [3.8, 4) is 0 Å². The molecule has 1 aromatic rings. The van der Waals surface area contributed by atoms with E-state index in [1.54, 1.807) is 9.80 Å². The Morgan fingerprint density at radius 1 is 1.06 bits per heavy atom. The van der Waals surface area contributed by atoms with Crippen molar-refractivity contribution < 1.29 is 22.9 Å². The lowest BCUT2D eigenvalue weighted by atomic mass is 10.0. The number of nitro groups is 1. The van der Waals surface area contributed by atoms with Gasteiger partial charge in [-0.3, -0.25) is 10.1 Å². The zero-order valence-electron chi connectivity index (χ0n) is 18.9. The Bertz CT molecular complexity index is 989. The molecule has 0 aromatic heterocycles. The highest BCUT2D eigenvalue weighted by molar-refractivity contribution is 7.89. The second kappa shape index (κ2) is 9.82. The predicted octanol–water partition coefficient (Wildman–Crippen LogP) is 1.59. The fraction of sp³-hybridized carbons (Fsp3) is 0.667. The second-order valence-corrected chi connectivity index (χ2v) is 10.8. The number of benzene rings is 1. The molecule has 0 N–H and O–H groups in total. The monoisotopic (exact) mass is 481 g/mol. The number of nitrogens with zero attached hydrogens (tertiary/aromatic N) is 5. The lowest BCUT2D eigenvalue weighted by molar-refractivity contribution is -0.384. The lowest BCUT2D eigenvalue weighted by Crippen LogP contribution is -2.54. The Kier molecular flexibility index (Phi) is 7.05. The van der Waals surface area contributed by atoms with Crippen molar-refractivity contribution in [2.24, 2.45) is 5.92 Å². The first-order valence-electron chi connectivity index (χ1n) is 11.4. The summed E-state index contributed by atoms with van der Waals surface area (Å²) in [5.74, 6) is 0.263. The van der Waals surface area contributed by atoms with Crippen LogP contribution in [0.15, 0.2) is 23.1 Å². The molecule has 1 unspecified atom stereocenters. The van der Waals surface area contributed by atoms with E-state index in [0.29, 0.717) is 71.3 Å². The Balaban J connectivity index is 1.48. The molecule has 0 spiro atoms. The maximum absolute atomic E-state index is 13.1. The van der Waals surface area contributed by atoms with Crippen molar-refractivity contribution in [1.82, 2.24) is 14.1 Å². The fourth-order valence-corrected chi connectivity index (χ4v) is 6.30. The van der Waals surface area contributed by atoms with Gasteiger partial charge in [-0.1, -0.05) is 6.92 Å². The molecule has 0 saturated carbocycles. The summed E-state index contributed by atoms with van der Waals surface area (Å²) in [6.07, 6.45) is 1.76. The van der Waals surface area contributed by atoms with Crippen LogP contribution in [0.1, 0.15) is 19.8 Å². The number of hydrogen-bond donors (Lipinski definition) is 0. The van der Waals surface area contributed by atoms with E-state index in [0.717, 1.165) is 12.8 Å².